The van der Waals surface area contributed by atoms with Crippen molar-refractivity contribution >= 4 is 28.8 Å². The maximum atomic E-state index is 13.0. The molecule has 3 amide bonds. The molecule has 33 heavy (non-hydrogen) atoms. The summed E-state index contributed by atoms with van der Waals surface area (Å²) < 4.78 is 5.25. The molecule has 8 nitrogen and oxygen atoms in total. The monoisotopic (exact) mass is 450 g/mol. The third kappa shape index (κ3) is 6.83. The fourth-order valence-corrected chi connectivity index (χ4v) is 3.63. The summed E-state index contributed by atoms with van der Waals surface area (Å²) in [7, 11) is 0. The molecule has 1 aromatic heterocycles. The molecule has 2 atom stereocenters. The predicted molar refractivity (Wildman–Crippen MR) is 126 cm³/mol. The van der Waals surface area contributed by atoms with Crippen molar-refractivity contribution in [3.8, 4) is 0 Å². The van der Waals surface area contributed by atoms with Gasteiger partial charge < -0.3 is 26.1 Å². The first-order chi connectivity index (χ1) is 15.8. The Kier molecular flexibility index (Phi) is 8.07. The van der Waals surface area contributed by atoms with Crippen LogP contribution in [0.15, 0.2) is 60.8 Å². The summed E-state index contributed by atoms with van der Waals surface area (Å²) >= 11 is 0. The van der Waals surface area contributed by atoms with Gasteiger partial charge in [-0.1, -0.05) is 62.4 Å². The van der Waals surface area contributed by atoms with E-state index in [1.54, 1.807) is 6.20 Å². The van der Waals surface area contributed by atoms with Gasteiger partial charge in [0.25, 0.3) is 0 Å². The van der Waals surface area contributed by atoms with Crippen LogP contribution in [0.3, 0.4) is 0 Å². The van der Waals surface area contributed by atoms with Gasteiger partial charge in [0, 0.05) is 23.5 Å². The van der Waals surface area contributed by atoms with Crippen molar-refractivity contribution in [2.75, 3.05) is 0 Å². The van der Waals surface area contributed by atoms with Crippen molar-refractivity contribution in [2.45, 2.75) is 45.4 Å². The van der Waals surface area contributed by atoms with E-state index in [-0.39, 0.29) is 18.9 Å². The first kappa shape index (κ1) is 23.8. The highest BCUT2D eigenvalue weighted by Gasteiger charge is 2.27. The van der Waals surface area contributed by atoms with E-state index in [0.717, 1.165) is 22.0 Å². The second-order valence-electron chi connectivity index (χ2n) is 8.42. The third-order valence-electron chi connectivity index (χ3n) is 5.29. The van der Waals surface area contributed by atoms with Gasteiger partial charge in [0.05, 0.1) is 0 Å². The molecule has 0 fully saturated rings. The average molecular weight is 451 g/mol. The summed E-state index contributed by atoms with van der Waals surface area (Å²) in [6.45, 7) is 3.97. The number of carbonyl (C=O) groups is 3. The van der Waals surface area contributed by atoms with Crippen LogP contribution in [0.4, 0.5) is 4.79 Å². The predicted octanol–water partition coefficient (Wildman–Crippen LogP) is 3.02. The Morgan fingerprint density at radius 1 is 0.970 bits per heavy atom. The molecule has 0 saturated carbocycles. The van der Waals surface area contributed by atoms with Crippen LogP contribution < -0.4 is 16.4 Å². The minimum atomic E-state index is -0.923. The number of H-pyrrole nitrogens is 1. The third-order valence-corrected chi connectivity index (χ3v) is 5.29. The minimum Gasteiger partial charge on any atom is -0.445 e. The number of nitrogens with two attached hydrogens (primary N) is 1. The number of para-hydroxylation sites is 1. The molecular formula is C25H30N4O4. The van der Waals surface area contributed by atoms with E-state index < -0.39 is 30.0 Å². The Labute approximate surface area is 192 Å². The van der Waals surface area contributed by atoms with Crippen molar-refractivity contribution in [2.24, 2.45) is 11.7 Å². The van der Waals surface area contributed by atoms with E-state index in [1.807, 2.05) is 68.4 Å². The van der Waals surface area contributed by atoms with Crippen LogP contribution in [0.25, 0.3) is 10.9 Å². The van der Waals surface area contributed by atoms with Gasteiger partial charge in [-0.2, -0.15) is 0 Å². The highest BCUT2D eigenvalue weighted by molar-refractivity contribution is 5.91. The highest BCUT2D eigenvalue weighted by Crippen LogP contribution is 2.19. The van der Waals surface area contributed by atoms with Gasteiger partial charge in [-0.05, 0) is 29.5 Å². The van der Waals surface area contributed by atoms with E-state index in [0.29, 0.717) is 6.42 Å². The van der Waals surface area contributed by atoms with E-state index in [4.69, 9.17) is 10.5 Å². The second-order valence-corrected chi connectivity index (χ2v) is 8.42. The minimum absolute atomic E-state index is 0.0904. The standard InChI is InChI=1S/C25H30N4O4/c1-16(2)12-22(29-25(32)33-15-17-8-4-3-5-9-17)24(31)28-21(23(26)30)13-18-14-27-20-11-7-6-10-19(18)20/h3-11,14,16,21-22,27H,12-13,15H2,1-2H3,(H2,26,30)(H,28,31)(H,29,32)/t21-,22+/m1/s1. The molecule has 8 heteroatoms. The van der Waals surface area contributed by atoms with Gasteiger partial charge >= 0.3 is 6.09 Å². The van der Waals surface area contributed by atoms with Gasteiger partial charge in [0.15, 0.2) is 0 Å². The Balaban J connectivity index is 1.65. The van der Waals surface area contributed by atoms with E-state index in [2.05, 4.69) is 15.6 Å². The smallest absolute Gasteiger partial charge is 0.408 e. The van der Waals surface area contributed by atoms with E-state index in [1.165, 1.54) is 0 Å². The van der Waals surface area contributed by atoms with Gasteiger partial charge in [-0.3, -0.25) is 9.59 Å². The maximum absolute atomic E-state index is 13.0. The van der Waals surface area contributed by atoms with Crippen LogP contribution in [-0.4, -0.2) is 35.0 Å². The molecule has 3 rings (SSSR count). The Bertz CT molecular complexity index is 1090. The molecule has 0 spiro atoms. The van der Waals surface area contributed by atoms with E-state index >= 15 is 0 Å². The molecule has 0 saturated heterocycles. The van der Waals surface area contributed by atoms with Crippen LogP contribution in [0.2, 0.25) is 0 Å². The number of rotatable bonds is 10. The van der Waals surface area contributed by atoms with Crippen molar-refractivity contribution in [3.63, 3.8) is 0 Å². The van der Waals surface area contributed by atoms with Crippen molar-refractivity contribution < 1.29 is 19.1 Å². The van der Waals surface area contributed by atoms with E-state index in [9.17, 15) is 14.4 Å². The summed E-state index contributed by atoms with van der Waals surface area (Å²) in [6.07, 6.45) is 1.72. The zero-order chi connectivity index (χ0) is 23.8. The lowest BCUT2D eigenvalue weighted by atomic mass is 10.0. The molecule has 5 N–H and O–H groups in total. The maximum Gasteiger partial charge on any atom is 0.408 e. The Morgan fingerprint density at radius 3 is 2.36 bits per heavy atom. The normalized spacial score (nSPS) is 12.8. The quantitative estimate of drug-likeness (QED) is 0.379. The van der Waals surface area contributed by atoms with Crippen LogP contribution in [-0.2, 0) is 27.4 Å². The van der Waals surface area contributed by atoms with Gasteiger partial charge in [0.2, 0.25) is 11.8 Å². The number of benzene rings is 2. The zero-order valence-electron chi connectivity index (χ0n) is 18.8. The SMILES string of the molecule is CC(C)C[C@H](NC(=O)OCc1ccccc1)C(=O)N[C@H](Cc1c[nH]c2ccccc12)C(N)=O. The highest BCUT2D eigenvalue weighted by atomic mass is 16.5. The number of ether oxygens (including phenoxy) is 1. The molecule has 0 aliphatic carbocycles. The molecule has 0 aliphatic heterocycles. The average Bonchev–Trinajstić information content (AvgIpc) is 3.20. The molecule has 2 aromatic carbocycles. The van der Waals surface area contributed by atoms with Crippen LogP contribution in [0.5, 0.6) is 0 Å². The fraction of sp³-hybridized carbons (Fsp3) is 0.320. The molecule has 0 aliphatic rings. The molecule has 0 bridgehead atoms. The molecule has 0 unspecified atom stereocenters. The first-order valence-electron chi connectivity index (χ1n) is 11.0. The molecular weight excluding hydrogens is 420 g/mol. The number of aromatic nitrogens is 1. The Hall–Kier alpha value is -3.81. The molecule has 174 valence electrons. The number of alkyl carbamates (subject to hydrolysis) is 1. The number of aromatic amines is 1. The fourth-order valence-electron chi connectivity index (χ4n) is 3.63. The zero-order valence-corrected chi connectivity index (χ0v) is 18.8. The second kappa shape index (κ2) is 11.2. The summed E-state index contributed by atoms with van der Waals surface area (Å²) in [4.78, 5) is 40.6. The summed E-state index contributed by atoms with van der Waals surface area (Å²) in [5.74, 6) is -1.01. The number of hydrogen-bond donors (Lipinski definition) is 4. The number of carbonyl (C=O) groups excluding carboxylic acids is 3. The van der Waals surface area contributed by atoms with Gasteiger partial charge in [0.1, 0.15) is 18.7 Å². The summed E-state index contributed by atoms with van der Waals surface area (Å²) in [6, 6.07) is 15.2. The number of amides is 3. The summed E-state index contributed by atoms with van der Waals surface area (Å²) in [5, 5.41) is 6.28. The molecule has 3 aromatic rings. The van der Waals surface area contributed by atoms with Crippen molar-refractivity contribution in [1.82, 2.24) is 15.6 Å². The first-order valence-corrected chi connectivity index (χ1v) is 11.0. The topological polar surface area (TPSA) is 126 Å². The number of fused-ring (bicyclic) bond motifs is 1. The Morgan fingerprint density at radius 2 is 1.67 bits per heavy atom. The lowest BCUT2D eigenvalue weighted by Crippen LogP contribution is -2.54. The van der Waals surface area contributed by atoms with Gasteiger partial charge in [-0.25, -0.2) is 4.79 Å². The lowest BCUT2D eigenvalue weighted by molar-refractivity contribution is -0.128. The van der Waals surface area contributed by atoms with Crippen molar-refractivity contribution in [3.05, 3.63) is 71.9 Å². The van der Waals surface area contributed by atoms with Crippen LogP contribution >= 0.6 is 0 Å². The molecule has 0 radical (unpaired) electrons. The van der Waals surface area contributed by atoms with Crippen molar-refractivity contribution in [1.29, 1.82) is 0 Å². The number of hydrogen-bond acceptors (Lipinski definition) is 4. The number of nitrogens with one attached hydrogen (secondary N) is 3. The van der Waals surface area contributed by atoms with Crippen LogP contribution in [0, 0.1) is 5.92 Å². The van der Waals surface area contributed by atoms with Crippen LogP contribution in [0.1, 0.15) is 31.4 Å². The summed E-state index contributed by atoms with van der Waals surface area (Å²) in [5.41, 5.74) is 8.22. The molecule has 1 heterocycles. The van der Waals surface area contributed by atoms with Gasteiger partial charge in [-0.15, -0.1) is 0 Å². The lowest BCUT2D eigenvalue weighted by Gasteiger charge is -2.23. The number of primary amides is 1. The largest absolute Gasteiger partial charge is 0.445 e.